The lowest BCUT2D eigenvalue weighted by atomic mass is 9.84. The lowest BCUT2D eigenvalue weighted by Gasteiger charge is -2.44. The summed E-state index contributed by atoms with van der Waals surface area (Å²) in [7, 11) is 0. The van der Waals surface area contributed by atoms with Crippen molar-refractivity contribution < 1.29 is 9.59 Å². The van der Waals surface area contributed by atoms with Crippen LogP contribution in [0, 0.1) is 0 Å². The average Bonchev–Trinajstić information content (AvgIpc) is 2.50. The first-order valence-electron chi connectivity index (χ1n) is 7.75. The second-order valence-electron chi connectivity index (χ2n) is 6.27. The Hall–Kier alpha value is -1.84. The maximum atomic E-state index is 12.8. The van der Waals surface area contributed by atoms with Gasteiger partial charge in [-0.2, -0.15) is 0 Å². The van der Waals surface area contributed by atoms with Gasteiger partial charge in [0.05, 0.1) is 6.04 Å². The Morgan fingerprint density at radius 2 is 2.10 bits per heavy atom. The van der Waals surface area contributed by atoms with E-state index < -0.39 is 5.54 Å². The average molecular weight is 286 g/mol. The number of fused-ring (bicyclic) bond motifs is 1. The number of hydrogen-bond acceptors (Lipinski definition) is 2. The monoisotopic (exact) mass is 286 g/mol. The van der Waals surface area contributed by atoms with Gasteiger partial charge in [0.1, 0.15) is 12.1 Å². The van der Waals surface area contributed by atoms with E-state index >= 15 is 0 Å². The van der Waals surface area contributed by atoms with Crippen LogP contribution in [0.1, 0.15) is 50.3 Å². The number of benzene rings is 1. The molecular weight excluding hydrogens is 264 g/mol. The molecule has 1 saturated heterocycles. The Bertz CT molecular complexity index is 584. The highest BCUT2D eigenvalue weighted by Gasteiger charge is 2.44. The third-order valence-electron chi connectivity index (χ3n) is 4.88. The van der Waals surface area contributed by atoms with Crippen molar-refractivity contribution in [1.82, 2.24) is 10.2 Å². The summed E-state index contributed by atoms with van der Waals surface area (Å²) >= 11 is 0. The summed E-state index contributed by atoms with van der Waals surface area (Å²) in [6.07, 6.45) is 3.68. The van der Waals surface area contributed by atoms with Gasteiger partial charge in [0.15, 0.2) is 0 Å². The van der Waals surface area contributed by atoms with Gasteiger partial charge >= 0.3 is 0 Å². The predicted octanol–water partition coefficient (Wildman–Crippen LogP) is 2.19. The van der Waals surface area contributed by atoms with Crippen molar-refractivity contribution >= 4 is 11.8 Å². The molecule has 1 aliphatic heterocycles. The van der Waals surface area contributed by atoms with E-state index in [1.807, 2.05) is 26.0 Å². The van der Waals surface area contributed by atoms with Crippen molar-refractivity contribution in [1.29, 1.82) is 0 Å². The zero-order valence-corrected chi connectivity index (χ0v) is 12.7. The van der Waals surface area contributed by atoms with E-state index in [4.69, 9.17) is 0 Å². The Morgan fingerprint density at radius 1 is 1.33 bits per heavy atom. The van der Waals surface area contributed by atoms with E-state index in [-0.39, 0.29) is 24.4 Å². The van der Waals surface area contributed by atoms with Crippen LogP contribution in [0.3, 0.4) is 0 Å². The third-order valence-corrected chi connectivity index (χ3v) is 4.88. The molecule has 0 aromatic heterocycles. The SMILES string of the molecule is CCC1(C)NC(=O)CN(C2CCCc3ccccc32)C1=O. The number of amides is 2. The van der Waals surface area contributed by atoms with Gasteiger partial charge in [0, 0.05) is 0 Å². The zero-order valence-electron chi connectivity index (χ0n) is 12.7. The summed E-state index contributed by atoms with van der Waals surface area (Å²) < 4.78 is 0. The van der Waals surface area contributed by atoms with Gasteiger partial charge in [0.25, 0.3) is 0 Å². The Kier molecular flexibility index (Phi) is 3.47. The van der Waals surface area contributed by atoms with E-state index in [2.05, 4.69) is 17.4 Å². The largest absolute Gasteiger partial charge is 0.340 e. The van der Waals surface area contributed by atoms with Gasteiger partial charge < -0.3 is 10.2 Å². The van der Waals surface area contributed by atoms with Gasteiger partial charge in [0.2, 0.25) is 11.8 Å². The molecule has 0 saturated carbocycles. The van der Waals surface area contributed by atoms with Gasteiger partial charge in [-0.1, -0.05) is 31.2 Å². The maximum absolute atomic E-state index is 12.8. The minimum absolute atomic E-state index is 0.0411. The van der Waals surface area contributed by atoms with Crippen molar-refractivity contribution in [3.8, 4) is 0 Å². The van der Waals surface area contributed by atoms with Crippen LogP contribution in [0.25, 0.3) is 0 Å². The molecule has 2 amide bonds. The van der Waals surface area contributed by atoms with E-state index in [0.29, 0.717) is 6.42 Å². The molecule has 21 heavy (non-hydrogen) atoms. The predicted molar refractivity (Wildman–Crippen MR) is 80.7 cm³/mol. The summed E-state index contributed by atoms with van der Waals surface area (Å²) in [6.45, 7) is 3.94. The highest BCUT2D eigenvalue weighted by Crippen LogP contribution is 2.36. The van der Waals surface area contributed by atoms with Gasteiger partial charge in [-0.25, -0.2) is 0 Å². The molecule has 4 nitrogen and oxygen atoms in total. The van der Waals surface area contributed by atoms with Crippen LogP contribution >= 0.6 is 0 Å². The minimum Gasteiger partial charge on any atom is -0.340 e. The van der Waals surface area contributed by atoms with Crippen LogP contribution in [-0.2, 0) is 16.0 Å². The number of piperazine rings is 1. The Balaban J connectivity index is 1.97. The van der Waals surface area contributed by atoms with Gasteiger partial charge in [-0.3, -0.25) is 9.59 Å². The normalized spacial score (nSPS) is 29.0. The summed E-state index contributed by atoms with van der Waals surface area (Å²) in [5.41, 5.74) is 1.76. The van der Waals surface area contributed by atoms with Crippen molar-refractivity contribution in [2.75, 3.05) is 6.54 Å². The lowest BCUT2D eigenvalue weighted by Crippen LogP contribution is -2.65. The molecule has 2 atom stereocenters. The first-order valence-corrected chi connectivity index (χ1v) is 7.75. The van der Waals surface area contributed by atoms with Crippen molar-refractivity contribution in [3.05, 3.63) is 35.4 Å². The van der Waals surface area contributed by atoms with E-state index in [1.165, 1.54) is 11.1 Å². The molecule has 3 rings (SSSR count). The molecule has 1 fully saturated rings. The standard InChI is InChI=1S/C17H22N2O2/c1-3-17(2)16(21)19(11-15(20)18-17)14-10-6-8-12-7-4-5-9-13(12)14/h4-5,7,9,14H,3,6,8,10-11H2,1-2H3,(H,18,20). The molecule has 1 aromatic carbocycles. The molecule has 0 spiro atoms. The second kappa shape index (κ2) is 5.17. The number of hydrogen-bond donors (Lipinski definition) is 1. The van der Waals surface area contributed by atoms with Crippen LogP contribution < -0.4 is 5.32 Å². The third kappa shape index (κ3) is 2.33. The summed E-state index contributed by atoms with van der Waals surface area (Å²) in [5, 5.41) is 2.86. The van der Waals surface area contributed by atoms with E-state index in [9.17, 15) is 9.59 Å². The van der Waals surface area contributed by atoms with Crippen LogP contribution in [0.5, 0.6) is 0 Å². The number of nitrogens with one attached hydrogen (secondary N) is 1. The van der Waals surface area contributed by atoms with Crippen molar-refractivity contribution in [2.24, 2.45) is 0 Å². The first kappa shape index (κ1) is 14.1. The molecule has 0 bridgehead atoms. The van der Waals surface area contributed by atoms with Crippen molar-refractivity contribution in [3.63, 3.8) is 0 Å². The van der Waals surface area contributed by atoms with Crippen LogP contribution in [0.15, 0.2) is 24.3 Å². The molecule has 1 N–H and O–H groups in total. The molecular formula is C17H22N2O2. The number of carbonyl (C=O) groups excluding carboxylic acids is 2. The number of carbonyl (C=O) groups is 2. The van der Waals surface area contributed by atoms with Crippen molar-refractivity contribution in [2.45, 2.75) is 51.1 Å². The molecule has 2 aliphatic rings. The number of aryl methyl sites for hydroxylation is 1. The molecule has 1 aliphatic carbocycles. The summed E-state index contributed by atoms with van der Waals surface area (Å²) in [6, 6.07) is 8.34. The highest BCUT2D eigenvalue weighted by molar-refractivity contribution is 5.97. The number of rotatable bonds is 2. The van der Waals surface area contributed by atoms with Gasteiger partial charge in [-0.05, 0) is 43.7 Å². The first-order chi connectivity index (χ1) is 10.0. The molecule has 0 radical (unpaired) electrons. The van der Waals surface area contributed by atoms with E-state index in [1.54, 1.807) is 4.90 Å². The summed E-state index contributed by atoms with van der Waals surface area (Å²) in [5.74, 6) is -0.00620. The van der Waals surface area contributed by atoms with Crippen LogP contribution in [0.2, 0.25) is 0 Å². The molecule has 4 heteroatoms. The topological polar surface area (TPSA) is 49.4 Å². The molecule has 2 unspecified atom stereocenters. The zero-order chi connectivity index (χ0) is 15.0. The van der Waals surface area contributed by atoms with Gasteiger partial charge in [-0.15, -0.1) is 0 Å². The maximum Gasteiger partial charge on any atom is 0.249 e. The fourth-order valence-electron chi connectivity index (χ4n) is 3.49. The highest BCUT2D eigenvalue weighted by atomic mass is 16.2. The second-order valence-corrected chi connectivity index (χ2v) is 6.27. The number of nitrogens with zero attached hydrogens (tertiary/aromatic N) is 1. The molecule has 112 valence electrons. The fraction of sp³-hybridized carbons (Fsp3) is 0.529. The summed E-state index contributed by atoms with van der Waals surface area (Å²) in [4.78, 5) is 26.7. The lowest BCUT2D eigenvalue weighted by molar-refractivity contribution is -0.152. The van der Waals surface area contributed by atoms with Crippen LogP contribution in [0.4, 0.5) is 0 Å². The quantitative estimate of drug-likeness (QED) is 0.906. The fourth-order valence-corrected chi connectivity index (χ4v) is 3.49. The Labute approximate surface area is 125 Å². The molecule has 1 heterocycles. The van der Waals surface area contributed by atoms with E-state index in [0.717, 1.165) is 19.3 Å². The van der Waals surface area contributed by atoms with Crippen LogP contribution in [-0.4, -0.2) is 28.8 Å². The minimum atomic E-state index is -0.762. The Morgan fingerprint density at radius 3 is 2.86 bits per heavy atom. The molecule has 1 aromatic rings. The smallest absolute Gasteiger partial charge is 0.249 e.